The minimum atomic E-state index is -1.03. The van der Waals surface area contributed by atoms with Gasteiger partial charge in [-0.05, 0) is 37.0 Å². The van der Waals surface area contributed by atoms with Crippen molar-refractivity contribution in [2.75, 3.05) is 11.9 Å². The Bertz CT molecular complexity index is 509. The Labute approximate surface area is 132 Å². The first-order chi connectivity index (χ1) is 10.3. The van der Waals surface area contributed by atoms with Crippen molar-refractivity contribution in [2.45, 2.75) is 46.1 Å². The predicted octanol–water partition coefficient (Wildman–Crippen LogP) is 2.10. The van der Waals surface area contributed by atoms with E-state index >= 15 is 0 Å². The molecule has 1 rings (SSSR count). The summed E-state index contributed by atoms with van der Waals surface area (Å²) in [6.45, 7) is 7.62. The summed E-state index contributed by atoms with van der Waals surface area (Å²) in [5.41, 5.74) is 0.700. The first-order valence-electron chi connectivity index (χ1n) is 7.70. The maximum Gasteiger partial charge on any atom is 0.313 e. The van der Waals surface area contributed by atoms with Gasteiger partial charge >= 0.3 is 11.8 Å². The Balaban J connectivity index is 2.53. The molecule has 0 bridgehead atoms. The molecule has 0 unspecified atom stereocenters. The highest BCUT2D eigenvalue weighted by molar-refractivity contribution is 6.39. The SMILES string of the molecule is CCc1ccc(NC(=O)C(=O)NC[C@@](C)(O)[C@H](C)CC)cc1. The molecule has 2 amide bonds. The van der Waals surface area contributed by atoms with Crippen LogP contribution in [-0.2, 0) is 16.0 Å². The van der Waals surface area contributed by atoms with Gasteiger partial charge in [-0.3, -0.25) is 9.59 Å². The van der Waals surface area contributed by atoms with Crippen molar-refractivity contribution in [1.29, 1.82) is 0 Å². The lowest BCUT2D eigenvalue weighted by atomic mass is 9.89. The third-order valence-electron chi connectivity index (χ3n) is 4.11. The molecular formula is C17H26N2O3. The maximum absolute atomic E-state index is 11.8. The predicted molar refractivity (Wildman–Crippen MR) is 87.5 cm³/mol. The van der Waals surface area contributed by atoms with E-state index in [0.717, 1.165) is 18.4 Å². The topological polar surface area (TPSA) is 78.4 Å². The third kappa shape index (κ3) is 5.15. The van der Waals surface area contributed by atoms with Gasteiger partial charge in [0, 0.05) is 12.2 Å². The van der Waals surface area contributed by atoms with E-state index in [9.17, 15) is 14.7 Å². The zero-order valence-electron chi connectivity index (χ0n) is 13.8. The van der Waals surface area contributed by atoms with Crippen LogP contribution in [0.4, 0.5) is 5.69 Å². The number of nitrogens with one attached hydrogen (secondary N) is 2. The highest BCUT2D eigenvalue weighted by atomic mass is 16.3. The molecule has 0 saturated heterocycles. The molecule has 0 heterocycles. The van der Waals surface area contributed by atoms with Crippen LogP contribution in [0.3, 0.4) is 0 Å². The van der Waals surface area contributed by atoms with Crippen LogP contribution < -0.4 is 10.6 Å². The quantitative estimate of drug-likeness (QED) is 0.704. The molecule has 2 atom stereocenters. The molecule has 122 valence electrons. The van der Waals surface area contributed by atoms with Gasteiger partial charge in [-0.15, -0.1) is 0 Å². The fourth-order valence-electron chi connectivity index (χ4n) is 1.97. The summed E-state index contributed by atoms with van der Waals surface area (Å²) in [4.78, 5) is 23.6. The van der Waals surface area contributed by atoms with Crippen molar-refractivity contribution in [3.05, 3.63) is 29.8 Å². The Morgan fingerprint density at radius 3 is 2.27 bits per heavy atom. The molecule has 5 heteroatoms. The number of aliphatic hydroxyl groups is 1. The molecule has 3 N–H and O–H groups in total. The number of amides is 2. The number of hydrogen-bond acceptors (Lipinski definition) is 3. The summed E-state index contributed by atoms with van der Waals surface area (Å²) >= 11 is 0. The first kappa shape index (κ1) is 18.2. The molecule has 0 spiro atoms. The summed E-state index contributed by atoms with van der Waals surface area (Å²) in [6.07, 6.45) is 1.71. The lowest BCUT2D eigenvalue weighted by Gasteiger charge is -2.29. The Morgan fingerprint density at radius 2 is 1.77 bits per heavy atom. The number of anilines is 1. The van der Waals surface area contributed by atoms with Gasteiger partial charge in [-0.25, -0.2) is 0 Å². The van der Waals surface area contributed by atoms with Gasteiger partial charge in [0.05, 0.1) is 5.60 Å². The van der Waals surface area contributed by atoms with Crippen LogP contribution in [0.25, 0.3) is 0 Å². The fraction of sp³-hybridized carbons (Fsp3) is 0.529. The highest BCUT2D eigenvalue weighted by Crippen LogP contribution is 2.18. The molecule has 0 saturated carbocycles. The lowest BCUT2D eigenvalue weighted by molar-refractivity contribution is -0.137. The summed E-state index contributed by atoms with van der Waals surface area (Å²) < 4.78 is 0. The average molecular weight is 306 g/mol. The third-order valence-corrected chi connectivity index (χ3v) is 4.11. The Morgan fingerprint density at radius 1 is 1.18 bits per heavy atom. The van der Waals surface area contributed by atoms with Crippen LogP contribution in [0.15, 0.2) is 24.3 Å². The second-order valence-electron chi connectivity index (χ2n) is 5.85. The molecule has 0 aromatic heterocycles. The van der Waals surface area contributed by atoms with Crippen LogP contribution >= 0.6 is 0 Å². The number of hydrogen-bond donors (Lipinski definition) is 3. The van der Waals surface area contributed by atoms with Crippen LogP contribution in [0, 0.1) is 5.92 Å². The largest absolute Gasteiger partial charge is 0.388 e. The molecule has 22 heavy (non-hydrogen) atoms. The van der Waals surface area contributed by atoms with Gasteiger partial charge in [0.1, 0.15) is 0 Å². The van der Waals surface area contributed by atoms with Gasteiger partial charge in [-0.2, -0.15) is 0 Å². The average Bonchev–Trinajstić information content (AvgIpc) is 2.52. The molecule has 0 aliphatic rings. The zero-order valence-corrected chi connectivity index (χ0v) is 13.8. The van der Waals surface area contributed by atoms with Crippen molar-refractivity contribution in [2.24, 2.45) is 5.92 Å². The summed E-state index contributed by atoms with van der Waals surface area (Å²) in [5, 5.41) is 15.2. The number of rotatable bonds is 6. The van der Waals surface area contributed by atoms with Crippen molar-refractivity contribution >= 4 is 17.5 Å². The van der Waals surface area contributed by atoms with E-state index < -0.39 is 17.4 Å². The second-order valence-corrected chi connectivity index (χ2v) is 5.85. The molecule has 1 aromatic carbocycles. The molecule has 0 aliphatic heterocycles. The van der Waals surface area contributed by atoms with Crippen LogP contribution in [0.1, 0.15) is 39.7 Å². The standard InChI is InChI=1S/C17H26N2O3/c1-5-12(3)17(4,22)11-18-15(20)16(21)19-14-9-7-13(6-2)8-10-14/h7-10,12,22H,5-6,11H2,1-4H3,(H,18,20)(H,19,21)/t12-,17-/m1/s1. The highest BCUT2D eigenvalue weighted by Gasteiger charge is 2.28. The summed E-state index contributed by atoms with van der Waals surface area (Å²) in [6, 6.07) is 7.33. The van der Waals surface area contributed by atoms with Gasteiger partial charge < -0.3 is 15.7 Å². The normalized spacial score (nSPS) is 14.8. The number of carbonyl (C=O) groups excluding carboxylic acids is 2. The zero-order chi connectivity index (χ0) is 16.8. The molecule has 0 aliphatic carbocycles. The van der Waals surface area contributed by atoms with Crippen molar-refractivity contribution < 1.29 is 14.7 Å². The van der Waals surface area contributed by atoms with E-state index in [1.807, 2.05) is 32.9 Å². The molecule has 5 nitrogen and oxygen atoms in total. The lowest BCUT2D eigenvalue weighted by Crippen LogP contribution is -2.47. The van der Waals surface area contributed by atoms with Crippen molar-refractivity contribution in [3.63, 3.8) is 0 Å². The monoisotopic (exact) mass is 306 g/mol. The second kappa shape index (κ2) is 7.94. The first-order valence-corrected chi connectivity index (χ1v) is 7.70. The van der Waals surface area contributed by atoms with Gasteiger partial charge in [0.25, 0.3) is 0 Å². The van der Waals surface area contributed by atoms with Gasteiger partial charge in [0.2, 0.25) is 0 Å². The van der Waals surface area contributed by atoms with E-state index in [4.69, 9.17) is 0 Å². The molecular weight excluding hydrogens is 280 g/mol. The molecule has 0 fully saturated rings. The molecule has 1 aromatic rings. The number of carbonyl (C=O) groups is 2. The minimum Gasteiger partial charge on any atom is -0.388 e. The van der Waals surface area contributed by atoms with E-state index in [-0.39, 0.29) is 12.5 Å². The van der Waals surface area contributed by atoms with Crippen molar-refractivity contribution in [3.8, 4) is 0 Å². The van der Waals surface area contributed by atoms with E-state index in [1.165, 1.54) is 0 Å². The van der Waals surface area contributed by atoms with E-state index in [0.29, 0.717) is 5.69 Å². The Hall–Kier alpha value is -1.88. The minimum absolute atomic E-state index is 0.0254. The van der Waals surface area contributed by atoms with Crippen LogP contribution in [0.5, 0.6) is 0 Å². The summed E-state index contributed by atoms with van der Waals surface area (Å²) in [7, 11) is 0. The fourth-order valence-corrected chi connectivity index (χ4v) is 1.97. The Kier molecular flexibility index (Phi) is 6.56. The maximum atomic E-state index is 11.8. The number of benzene rings is 1. The number of aryl methyl sites for hydroxylation is 1. The smallest absolute Gasteiger partial charge is 0.313 e. The van der Waals surface area contributed by atoms with Gasteiger partial charge in [-0.1, -0.05) is 39.3 Å². The van der Waals surface area contributed by atoms with Gasteiger partial charge in [0.15, 0.2) is 0 Å². The molecule has 0 radical (unpaired) electrons. The van der Waals surface area contributed by atoms with E-state index in [2.05, 4.69) is 10.6 Å². The van der Waals surface area contributed by atoms with Crippen molar-refractivity contribution in [1.82, 2.24) is 5.32 Å². The van der Waals surface area contributed by atoms with E-state index in [1.54, 1.807) is 19.1 Å². The van der Waals surface area contributed by atoms with Crippen LogP contribution in [0.2, 0.25) is 0 Å². The van der Waals surface area contributed by atoms with Crippen LogP contribution in [-0.4, -0.2) is 29.1 Å². The summed E-state index contributed by atoms with van der Waals surface area (Å²) in [5.74, 6) is -1.45.